The number of hydrogen-bond acceptors (Lipinski definition) is 2. The summed E-state index contributed by atoms with van der Waals surface area (Å²) in [6.07, 6.45) is 3.52. The van der Waals surface area contributed by atoms with Crippen molar-refractivity contribution in [2.75, 3.05) is 0 Å². The van der Waals surface area contributed by atoms with Crippen molar-refractivity contribution in [1.82, 2.24) is 9.88 Å². The molecule has 0 fully saturated rings. The zero-order valence-electron chi connectivity index (χ0n) is 19.5. The van der Waals surface area contributed by atoms with Crippen LogP contribution in [-0.4, -0.2) is 27.6 Å². The van der Waals surface area contributed by atoms with E-state index < -0.39 is 12.0 Å². The van der Waals surface area contributed by atoms with Crippen LogP contribution in [0, 0.1) is 19.7 Å². The van der Waals surface area contributed by atoms with Gasteiger partial charge in [0.25, 0.3) is 0 Å². The third-order valence-electron chi connectivity index (χ3n) is 6.83. The predicted molar refractivity (Wildman–Crippen MR) is 127 cm³/mol. The number of fused-ring (bicyclic) bond motifs is 3. The standard InChI is InChI=1S/C27H31FN2O3/c1-4-23(27(32)33)30-24-10-8-19(28)14-21(24)22-15-20(9-11-25(22)30)29-26(31)12-7-18-6-5-16(2)13-17(18)3/h5-6,8,10,13-14,20,23H,4,7,9,11-12,15H2,1-3H3,(H,29,31)(H,32,33)/t20-,23?/m0/s1. The lowest BCUT2D eigenvalue weighted by atomic mass is 9.91. The maximum atomic E-state index is 14.1. The van der Waals surface area contributed by atoms with Crippen LogP contribution in [0.4, 0.5) is 4.39 Å². The lowest BCUT2D eigenvalue weighted by Crippen LogP contribution is -2.39. The first-order valence-corrected chi connectivity index (χ1v) is 11.7. The number of amides is 1. The molecule has 33 heavy (non-hydrogen) atoms. The normalized spacial score (nSPS) is 16.4. The van der Waals surface area contributed by atoms with Gasteiger partial charge in [0.05, 0.1) is 0 Å². The lowest BCUT2D eigenvalue weighted by molar-refractivity contribution is -0.141. The molecule has 1 unspecified atom stereocenters. The molecule has 1 heterocycles. The van der Waals surface area contributed by atoms with Crippen LogP contribution in [0.15, 0.2) is 36.4 Å². The lowest BCUT2D eigenvalue weighted by Gasteiger charge is -2.26. The number of carboxylic acid groups (broad SMARTS) is 1. The third-order valence-corrected chi connectivity index (χ3v) is 6.83. The van der Waals surface area contributed by atoms with E-state index in [0.717, 1.165) is 28.6 Å². The van der Waals surface area contributed by atoms with Crippen molar-refractivity contribution in [2.45, 2.75) is 71.4 Å². The number of benzene rings is 2. The molecule has 2 N–H and O–H groups in total. The summed E-state index contributed by atoms with van der Waals surface area (Å²) in [5, 5.41) is 13.7. The molecule has 174 valence electrons. The molecule has 0 aliphatic heterocycles. The Hall–Kier alpha value is -3.15. The molecule has 4 rings (SSSR count). The monoisotopic (exact) mass is 450 g/mol. The highest BCUT2D eigenvalue weighted by Gasteiger charge is 2.30. The Morgan fingerprint density at radius 2 is 2.00 bits per heavy atom. The highest BCUT2D eigenvalue weighted by molar-refractivity contribution is 5.88. The fourth-order valence-corrected chi connectivity index (χ4v) is 5.19. The first-order chi connectivity index (χ1) is 15.8. The average molecular weight is 451 g/mol. The quantitative estimate of drug-likeness (QED) is 0.530. The molecule has 0 bridgehead atoms. The molecule has 5 nitrogen and oxygen atoms in total. The second kappa shape index (κ2) is 9.38. The fourth-order valence-electron chi connectivity index (χ4n) is 5.19. The summed E-state index contributed by atoms with van der Waals surface area (Å²) < 4.78 is 16.0. The summed E-state index contributed by atoms with van der Waals surface area (Å²) >= 11 is 0. The van der Waals surface area contributed by atoms with Gasteiger partial charge in [0.15, 0.2) is 0 Å². The number of nitrogens with zero attached hydrogens (tertiary/aromatic N) is 1. The second-order valence-electron chi connectivity index (χ2n) is 9.16. The van der Waals surface area contributed by atoms with Crippen LogP contribution in [0.2, 0.25) is 0 Å². The van der Waals surface area contributed by atoms with E-state index in [4.69, 9.17) is 0 Å². The fraction of sp³-hybridized carbons (Fsp3) is 0.407. The van der Waals surface area contributed by atoms with E-state index in [1.807, 2.05) is 11.5 Å². The van der Waals surface area contributed by atoms with Crippen molar-refractivity contribution < 1.29 is 19.1 Å². The van der Waals surface area contributed by atoms with Crippen molar-refractivity contribution in [1.29, 1.82) is 0 Å². The number of carbonyl (C=O) groups excluding carboxylic acids is 1. The van der Waals surface area contributed by atoms with Crippen molar-refractivity contribution in [3.63, 3.8) is 0 Å². The Kier molecular flexibility index (Phi) is 6.54. The van der Waals surface area contributed by atoms with E-state index in [2.05, 4.69) is 37.4 Å². The van der Waals surface area contributed by atoms with E-state index in [-0.39, 0.29) is 17.8 Å². The summed E-state index contributed by atoms with van der Waals surface area (Å²) in [4.78, 5) is 24.6. The number of aliphatic carboxylic acids is 1. The number of rotatable bonds is 7. The molecule has 1 amide bonds. The summed E-state index contributed by atoms with van der Waals surface area (Å²) in [6, 6.07) is 10.1. The first-order valence-electron chi connectivity index (χ1n) is 11.7. The zero-order chi connectivity index (χ0) is 23.7. The molecule has 0 saturated carbocycles. The molecule has 0 saturated heterocycles. The number of hydrogen-bond donors (Lipinski definition) is 2. The predicted octanol–water partition coefficient (Wildman–Crippen LogP) is 5.04. The smallest absolute Gasteiger partial charge is 0.326 e. The van der Waals surface area contributed by atoms with Gasteiger partial charge in [-0.2, -0.15) is 0 Å². The largest absolute Gasteiger partial charge is 0.480 e. The van der Waals surface area contributed by atoms with E-state index >= 15 is 0 Å². The zero-order valence-corrected chi connectivity index (χ0v) is 19.5. The van der Waals surface area contributed by atoms with E-state index in [0.29, 0.717) is 32.1 Å². The molecule has 0 radical (unpaired) electrons. The number of nitrogens with one attached hydrogen (secondary N) is 1. The van der Waals surface area contributed by atoms with Gasteiger partial charge >= 0.3 is 5.97 Å². The van der Waals surface area contributed by atoms with Gasteiger partial charge in [-0.3, -0.25) is 4.79 Å². The second-order valence-corrected chi connectivity index (χ2v) is 9.16. The SMILES string of the molecule is CCC(C(=O)O)n1c2c(c3cc(F)ccc31)C[C@@H](NC(=O)CCc1ccc(C)cc1C)CC2. The molecular formula is C27H31FN2O3. The van der Waals surface area contributed by atoms with Crippen molar-refractivity contribution in [2.24, 2.45) is 0 Å². The van der Waals surface area contributed by atoms with Crippen LogP contribution in [0.3, 0.4) is 0 Å². The number of carboxylic acids is 1. The number of carbonyl (C=O) groups is 2. The Morgan fingerprint density at radius 1 is 1.21 bits per heavy atom. The minimum absolute atomic E-state index is 0.00955. The van der Waals surface area contributed by atoms with Crippen LogP contribution in [0.5, 0.6) is 0 Å². The summed E-state index contributed by atoms with van der Waals surface area (Å²) in [7, 11) is 0. The molecule has 1 aromatic heterocycles. The van der Waals surface area contributed by atoms with Gasteiger partial charge in [-0.1, -0.05) is 30.7 Å². The van der Waals surface area contributed by atoms with E-state index in [1.54, 1.807) is 6.07 Å². The minimum atomic E-state index is -0.886. The van der Waals surface area contributed by atoms with Gasteiger partial charge in [0.1, 0.15) is 11.9 Å². The third kappa shape index (κ3) is 4.65. The van der Waals surface area contributed by atoms with Gasteiger partial charge in [0.2, 0.25) is 5.91 Å². The molecule has 1 aliphatic rings. The average Bonchev–Trinajstić information content (AvgIpc) is 3.06. The van der Waals surface area contributed by atoms with Crippen molar-refractivity contribution in [3.8, 4) is 0 Å². The Bertz CT molecular complexity index is 1210. The van der Waals surface area contributed by atoms with E-state index in [9.17, 15) is 19.1 Å². The number of aromatic nitrogens is 1. The van der Waals surface area contributed by atoms with Gasteiger partial charge in [-0.05, 0) is 80.8 Å². The maximum absolute atomic E-state index is 14.1. The van der Waals surface area contributed by atoms with Crippen molar-refractivity contribution in [3.05, 3.63) is 70.2 Å². The summed E-state index contributed by atoms with van der Waals surface area (Å²) in [5.74, 6) is -1.22. The Labute approximate surface area is 193 Å². The van der Waals surface area contributed by atoms with Crippen LogP contribution < -0.4 is 5.32 Å². The van der Waals surface area contributed by atoms with E-state index in [1.165, 1.54) is 28.8 Å². The van der Waals surface area contributed by atoms with Crippen LogP contribution >= 0.6 is 0 Å². The maximum Gasteiger partial charge on any atom is 0.326 e. The minimum Gasteiger partial charge on any atom is -0.480 e. The Morgan fingerprint density at radius 3 is 2.70 bits per heavy atom. The molecular weight excluding hydrogens is 419 g/mol. The van der Waals surface area contributed by atoms with Gasteiger partial charge in [-0.25, -0.2) is 9.18 Å². The molecule has 1 aliphatic carbocycles. The van der Waals surface area contributed by atoms with Gasteiger partial charge < -0.3 is 15.0 Å². The number of aryl methyl sites for hydroxylation is 3. The topological polar surface area (TPSA) is 71.3 Å². The van der Waals surface area contributed by atoms with Crippen LogP contribution in [0.1, 0.15) is 60.2 Å². The van der Waals surface area contributed by atoms with Crippen molar-refractivity contribution >= 4 is 22.8 Å². The number of halogens is 1. The van der Waals surface area contributed by atoms with Gasteiger partial charge in [-0.15, -0.1) is 0 Å². The van der Waals surface area contributed by atoms with Crippen LogP contribution in [-0.2, 0) is 28.9 Å². The van der Waals surface area contributed by atoms with Crippen LogP contribution in [0.25, 0.3) is 10.9 Å². The molecule has 2 aromatic carbocycles. The first kappa shape index (κ1) is 23.0. The molecule has 6 heteroatoms. The summed E-state index contributed by atoms with van der Waals surface area (Å²) in [6.45, 7) is 5.98. The highest BCUT2D eigenvalue weighted by Crippen LogP contribution is 2.36. The van der Waals surface area contributed by atoms with Gasteiger partial charge in [0, 0.05) is 29.1 Å². The molecule has 3 aromatic rings. The molecule has 0 spiro atoms. The Balaban J connectivity index is 1.53. The highest BCUT2D eigenvalue weighted by atomic mass is 19.1. The molecule has 2 atom stereocenters. The summed E-state index contributed by atoms with van der Waals surface area (Å²) in [5.41, 5.74) is 6.24.